The van der Waals surface area contributed by atoms with Gasteiger partial charge >= 0.3 is 0 Å². The molecule has 0 atom stereocenters. The number of aromatic nitrogens is 3. The number of halogens is 1. The highest BCUT2D eigenvalue weighted by molar-refractivity contribution is 9.10. The van der Waals surface area contributed by atoms with E-state index >= 15 is 0 Å². The standard InChI is InChI=1S/C12H11BrN4O2/c1-8-4-9(13)2-3-11(8)14-12(19)6-17-5-10(7-18)15-16-17/h2-5,7H,6H2,1H3,(H,14,19). The minimum absolute atomic E-state index is 0.0103. The first-order valence-corrected chi connectivity index (χ1v) is 6.29. The summed E-state index contributed by atoms with van der Waals surface area (Å²) in [7, 11) is 0. The molecule has 98 valence electrons. The zero-order valence-corrected chi connectivity index (χ0v) is 11.7. The summed E-state index contributed by atoms with van der Waals surface area (Å²) in [5.74, 6) is -0.229. The molecule has 7 heteroatoms. The number of aryl methyl sites for hydroxylation is 1. The number of aldehydes is 1. The predicted molar refractivity (Wildman–Crippen MR) is 72.9 cm³/mol. The highest BCUT2D eigenvalue weighted by atomic mass is 79.9. The highest BCUT2D eigenvalue weighted by Gasteiger charge is 2.07. The summed E-state index contributed by atoms with van der Waals surface area (Å²) in [4.78, 5) is 22.3. The van der Waals surface area contributed by atoms with Crippen LogP contribution in [0.25, 0.3) is 0 Å². The summed E-state index contributed by atoms with van der Waals surface area (Å²) in [6.07, 6.45) is 2.00. The van der Waals surface area contributed by atoms with Gasteiger partial charge < -0.3 is 5.32 Å². The largest absolute Gasteiger partial charge is 0.324 e. The summed E-state index contributed by atoms with van der Waals surface area (Å²) < 4.78 is 2.27. The van der Waals surface area contributed by atoms with Crippen molar-refractivity contribution < 1.29 is 9.59 Å². The van der Waals surface area contributed by atoms with Crippen LogP contribution in [0.5, 0.6) is 0 Å². The van der Waals surface area contributed by atoms with Gasteiger partial charge in [0.25, 0.3) is 0 Å². The normalized spacial score (nSPS) is 10.2. The maximum Gasteiger partial charge on any atom is 0.246 e. The number of nitrogens with one attached hydrogen (secondary N) is 1. The fourth-order valence-electron chi connectivity index (χ4n) is 1.55. The topological polar surface area (TPSA) is 76.9 Å². The van der Waals surface area contributed by atoms with Crippen molar-refractivity contribution in [2.45, 2.75) is 13.5 Å². The van der Waals surface area contributed by atoms with Crippen LogP contribution in [0.15, 0.2) is 28.9 Å². The van der Waals surface area contributed by atoms with E-state index in [1.165, 1.54) is 10.9 Å². The Kier molecular flexibility index (Phi) is 4.06. The Bertz CT molecular complexity index is 624. The van der Waals surface area contributed by atoms with Crippen molar-refractivity contribution in [2.75, 3.05) is 5.32 Å². The molecular weight excluding hydrogens is 312 g/mol. The number of hydrogen-bond donors (Lipinski definition) is 1. The van der Waals surface area contributed by atoms with Crippen molar-refractivity contribution in [3.05, 3.63) is 40.1 Å². The van der Waals surface area contributed by atoms with Crippen LogP contribution in [0.1, 0.15) is 16.1 Å². The van der Waals surface area contributed by atoms with E-state index in [0.29, 0.717) is 6.29 Å². The van der Waals surface area contributed by atoms with Crippen molar-refractivity contribution in [3.8, 4) is 0 Å². The molecule has 0 aliphatic carbocycles. The molecule has 1 aromatic heterocycles. The van der Waals surface area contributed by atoms with E-state index in [1.54, 1.807) is 0 Å². The quantitative estimate of drug-likeness (QED) is 0.871. The smallest absolute Gasteiger partial charge is 0.246 e. The first-order chi connectivity index (χ1) is 9.08. The van der Waals surface area contributed by atoms with Crippen molar-refractivity contribution in [1.29, 1.82) is 0 Å². The molecule has 1 N–H and O–H groups in total. The van der Waals surface area contributed by atoms with Crippen molar-refractivity contribution in [1.82, 2.24) is 15.0 Å². The molecule has 0 fully saturated rings. The molecule has 0 saturated carbocycles. The van der Waals surface area contributed by atoms with Gasteiger partial charge in [-0.1, -0.05) is 21.1 Å². The second kappa shape index (κ2) is 5.75. The minimum atomic E-state index is -0.229. The van der Waals surface area contributed by atoms with Crippen LogP contribution in [-0.4, -0.2) is 27.2 Å². The van der Waals surface area contributed by atoms with E-state index < -0.39 is 0 Å². The maximum atomic E-state index is 11.8. The highest BCUT2D eigenvalue weighted by Crippen LogP contribution is 2.19. The predicted octanol–water partition coefficient (Wildman–Crippen LogP) is 1.80. The summed E-state index contributed by atoms with van der Waals surface area (Å²) in [5, 5.41) is 10.0. The first-order valence-electron chi connectivity index (χ1n) is 5.50. The van der Waals surface area contributed by atoms with Gasteiger partial charge in [0.05, 0.1) is 6.20 Å². The number of carbonyl (C=O) groups excluding carboxylic acids is 2. The van der Waals surface area contributed by atoms with Gasteiger partial charge in [-0.25, -0.2) is 4.68 Å². The Morgan fingerprint density at radius 3 is 2.95 bits per heavy atom. The number of benzene rings is 1. The van der Waals surface area contributed by atoms with Gasteiger partial charge in [0, 0.05) is 10.2 Å². The molecule has 1 aromatic carbocycles. The number of nitrogens with zero attached hydrogens (tertiary/aromatic N) is 3. The molecule has 2 rings (SSSR count). The van der Waals surface area contributed by atoms with E-state index in [-0.39, 0.29) is 18.1 Å². The van der Waals surface area contributed by atoms with Gasteiger partial charge in [-0.3, -0.25) is 9.59 Å². The van der Waals surface area contributed by atoms with E-state index in [2.05, 4.69) is 31.6 Å². The third kappa shape index (κ3) is 3.47. The number of hydrogen-bond acceptors (Lipinski definition) is 4. The monoisotopic (exact) mass is 322 g/mol. The second-order valence-electron chi connectivity index (χ2n) is 3.97. The van der Waals surface area contributed by atoms with Crippen LogP contribution in [-0.2, 0) is 11.3 Å². The van der Waals surface area contributed by atoms with E-state index in [9.17, 15) is 9.59 Å². The Morgan fingerprint density at radius 1 is 1.53 bits per heavy atom. The second-order valence-corrected chi connectivity index (χ2v) is 4.88. The molecule has 0 spiro atoms. The lowest BCUT2D eigenvalue weighted by atomic mass is 10.2. The van der Waals surface area contributed by atoms with Gasteiger partial charge in [-0.05, 0) is 30.7 Å². The molecule has 0 unspecified atom stereocenters. The van der Waals surface area contributed by atoms with E-state index in [4.69, 9.17) is 0 Å². The molecule has 2 aromatic rings. The summed E-state index contributed by atoms with van der Waals surface area (Å²) in [5.41, 5.74) is 1.89. The van der Waals surface area contributed by atoms with Crippen LogP contribution in [0, 0.1) is 6.92 Å². The average molecular weight is 323 g/mol. The van der Waals surface area contributed by atoms with Gasteiger partial charge in [-0.15, -0.1) is 5.10 Å². The average Bonchev–Trinajstić information content (AvgIpc) is 2.80. The van der Waals surface area contributed by atoms with E-state index in [1.807, 2.05) is 25.1 Å². The zero-order valence-electron chi connectivity index (χ0n) is 10.1. The van der Waals surface area contributed by atoms with Crippen LogP contribution >= 0.6 is 15.9 Å². The van der Waals surface area contributed by atoms with Gasteiger partial charge in [0.1, 0.15) is 12.2 Å². The van der Waals surface area contributed by atoms with Crippen LogP contribution in [0.4, 0.5) is 5.69 Å². The molecule has 0 radical (unpaired) electrons. The Labute approximate surface area is 117 Å². The maximum absolute atomic E-state index is 11.8. The lowest BCUT2D eigenvalue weighted by molar-refractivity contribution is -0.116. The third-order valence-electron chi connectivity index (χ3n) is 2.45. The van der Waals surface area contributed by atoms with Crippen molar-refractivity contribution in [3.63, 3.8) is 0 Å². The Hall–Kier alpha value is -2.02. The first kappa shape index (κ1) is 13.4. The summed E-state index contributed by atoms with van der Waals surface area (Å²) in [6.45, 7) is 1.91. The molecular formula is C12H11BrN4O2. The van der Waals surface area contributed by atoms with E-state index in [0.717, 1.165) is 15.7 Å². The number of carbonyl (C=O) groups is 2. The van der Waals surface area contributed by atoms with Gasteiger partial charge in [-0.2, -0.15) is 0 Å². The fourth-order valence-corrected chi connectivity index (χ4v) is 2.02. The molecule has 6 nitrogen and oxygen atoms in total. The Balaban J connectivity index is 2.02. The number of amides is 1. The summed E-state index contributed by atoms with van der Waals surface area (Å²) >= 11 is 3.36. The molecule has 19 heavy (non-hydrogen) atoms. The SMILES string of the molecule is Cc1cc(Br)ccc1NC(=O)Cn1cc(C=O)nn1. The fraction of sp³-hybridized carbons (Fsp3) is 0.167. The summed E-state index contributed by atoms with van der Waals surface area (Å²) in [6, 6.07) is 5.58. The van der Waals surface area contributed by atoms with Crippen molar-refractivity contribution >= 4 is 33.8 Å². The third-order valence-corrected chi connectivity index (χ3v) is 2.94. The lowest BCUT2D eigenvalue weighted by Gasteiger charge is -2.08. The van der Waals surface area contributed by atoms with Crippen LogP contribution in [0.3, 0.4) is 0 Å². The molecule has 1 heterocycles. The molecule has 0 bridgehead atoms. The Morgan fingerprint density at radius 2 is 2.32 bits per heavy atom. The molecule has 0 aliphatic heterocycles. The number of anilines is 1. The molecule has 0 aliphatic rings. The number of rotatable bonds is 4. The minimum Gasteiger partial charge on any atom is -0.324 e. The molecule has 1 amide bonds. The van der Waals surface area contributed by atoms with Gasteiger partial charge in [0.2, 0.25) is 5.91 Å². The van der Waals surface area contributed by atoms with Crippen LogP contribution in [0.2, 0.25) is 0 Å². The molecule has 0 saturated heterocycles. The van der Waals surface area contributed by atoms with Crippen LogP contribution < -0.4 is 5.32 Å². The zero-order chi connectivity index (χ0) is 13.8. The van der Waals surface area contributed by atoms with Gasteiger partial charge in [0.15, 0.2) is 6.29 Å². The van der Waals surface area contributed by atoms with Crippen molar-refractivity contribution in [2.24, 2.45) is 0 Å². The lowest BCUT2D eigenvalue weighted by Crippen LogP contribution is -2.19.